The van der Waals surface area contributed by atoms with Gasteiger partial charge in [-0.05, 0) is 19.9 Å². The number of hydrogen-bond acceptors (Lipinski definition) is 6. The van der Waals surface area contributed by atoms with Crippen LogP contribution in [-0.2, 0) is 17.8 Å². The number of morpholine rings is 1. The molecule has 1 aliphatic rings. The van der Waals surface area contributed by atoms with Crippen LogP contribution in [0.5, 0.6) is 0 Å². The Morgan fingerprint density at radius 2 is 2.12 bits per heavy atom. The Morgan fingerprint density at radius 3 is 3.00 bits per heavy atom. The summed E-state index contributed by atoms with van der Waals surface area (Å²) in [5.74, 6) is 1.75. The standard InChI is InChI=1S/C18H22N6O/c1-3-24-12-19-22-18(24)16-10-23(8-9-25-16)11-17-20-13(2)14-6-4-5-7-15(14)21-17/h4-7,12,16H,3,8-11H2,1-2H3/t16-/m1/s1. The van der Waals surface area contributed by atoms with Crippen molar-refractivity contribution in [1.29, 1.82) is 0 Å². The lowest BCUT2D eigenvalue weighted by atomic mass is 10.2. The van der Waals surface area contributed by atoms with E-state index in [0.29, 0.717) is 13.2 Å². The summed E-state index contributed by atoms with van der Waals surface area (Å²) < 4.78 is 7.95. The molecule has 0 bridgehead atoms. The third kappa shape index (κ3) is 3.25. The van der Waals surface area contributed by atoms with E-state index in [1.54, 1.807) is 6.33 Å². The molecule has 4 rings (SSSR count). The molecule has 25 heavy (non-hydrogen) atoms. The van der Waals surface area contributed by atoms with Gasteiger partial charge in [0.25, 0.3) is 0 Å². The molecule has 1 saturated heterocycles. The van der Waals surface area contributed by atoms with Gasteiger partial charge in [0, 0.05) is 30.7 Å². The molecule has 1 atom stereocenters. The zero-order chi connectivity index (χ0) is 17.2. The minimum atomic E-state index is -0.0576. The Labute approximate surface area is 146 Å². The van der Waals surface area contributed by atoms with Crippen LogP contribution in [0.4, 0.5) is 0 Å². The molecule has 1 fully saturated rings. The van der Waals surface area contributed by atoms with Crippen LogP contribution in [0.3, 0.4) is 0 Å². The van der Waals surface area contributed by atoms with Crippen molar-refractivity contribution in [2.45, 2.75) is 33.0 Å². The zero-order valence-electron chi connectivity index (χ0n) is 14.6. The molecule has 0 amide bonds. The van der Waals surface area contributed by atoms with E-state index in [2.05, 4.69) is 28.1 Å². The molecule has 7 heteroatoms. The number of rotatable bonds is 4. The van der Waals surface area contributed by atoms with E-state index < -0.39 is 0 Å². The number of aromatic nitrogens is 5. The Morgan fingerprint density at radius 1 is 1.24 bits per heavy atom. The average molecular weight is 338 g/mol. The van der Waals surface area contributed by atoms with Gasteiger partial charge in [-0.2, -0.15) is 0 Å². The number of fused-ring (bicyclic) bond motifs is 1. The summed E-state index contributed by atoms with van der Waals surface area (Å²) in [6.45, 7) is 7.99. The molecule has 1 aliphatic heterocycles. The lowest BCUT2D eigenvalue weighted by Crippen LogP contribution is -2.39. The van der Waals surface area contributed by atoms with E-state index in [1.165, 1.54) is 0 Å². The fourth-order valence-corrected chi connectivity index (χ4v) is 3.32. The van der Waals surface area contributed by atoms with Gasteiger partial charge >= 0.3 is 0 Å². The highest BCUT2D eigenvalue weighted by Gasteiger charge is 2.26. The van der Waals surface area contributed by atoms with Crippen LogP contribution in [0, 0.1) is 6.92 Å². The normalized spacial score (nSPS) is 18.7. The smallest absolute Gasteiger partial charge is 0.163 e. The number of hydrogen-bond donors (Lipinski definition) is 0. The van der Waals surface area contributed by atoms with Crippen molar-refractivity contribution in [2.24, 2.45) is 0 Å². The predicted octanol–water partition coefficient (Wildman–Crippen LogP) is 2.12. The lowest BCUT2D eigenvalue weighted by molar-refractivity contribution is -0.0395. The molecule has 0 unspecified atom stereocenters. The van der Waals surface area contributed by atoms with E-state index in [1.807, 2.05) is 29.7 Å². The molecule has 0 saturated carbocycles. The molecule has 0 radical (unpaired) electrons. The maximum absolute atomic E-state index is 5.92. The highest BCUT2D eigenvalue weighted by atomic mass is 16.5. The number of ether oxygens (including phenoxy) is 1. The first kappa shape index (κ1) is 16.1. The van der Waals surface area contributed by atoms with Crippen molar-refractivity contribution in [3.63, 3.8) is 0 Å². The minimum absolute atomic E-state index is 0.0576. The van der Waals surface area contributed by atoms with Crippen molar-refractivity contribution < 1.29 is 4.74 Å². The molecule has 2 aromatic heterocycles. The average Bonchev–Trinajstić information content (AvgIpc) is 3.11. The Bertz CT molecular complexity index is 877. The quantitative estimate of drug-likeness (QED) is 0.726. The summed E-state index contributed by atoms with van der Waals surface area (Å²) in [5.41, 5.74) is 2.02. The van der Waals surface area contributed by atoms with Crippen LogP contribution in [0.1, 0.15) is 30.4 Å². The Balaban J connectivity index is 1.53. The molecule has 0 N–H and O–H groups in total. The molecular weight excluding hydrogens is 316 g/mol. The van der Waals surface area contributed by atoms with Crippen LogP contribution < -0.4 is 0 Å². The van der Waals surface area contributed by atoms with Crippen LogP contribution in [0.25, 0.3) is 10.9 Å². The Hall–Kier alpha value is -2.38. The van der Waals surface area contributed by atoms with Gasteiger partial charge in [-0.15, -0.1) is 10.2 Å². The van der Waals surface area contributed by atoms with Crippen molar-refractivity contribution in [2.75, 3.05) is 19.7 Å². The summed E-state index contributed by atoms with van der Waals surface area (Å²) in [6.07, 6.45) is 1.70. The van der Waals surface area contributed by atoms with Gasteiger partial charge < -0.3 is 9.30 Å². The van der Waals surface area contributed by atoms with Gasteiger partial charge in [-0.3, -0.25) is 4.90 Å². The Kier molecular flexibility index (Phi) is 4.42. The molecule has 7 nitrogen and oxygen atoms in total. The lowest BCUT2D eigenvalue weighted by Gasteiger charge is -2.32. The molecule has 0 aliphatic carbocycles. The third-order valence-corrected chi connectivity index (χ3v) is 4.63. The number of benzene rings is 1. The summed E-state index contributed by atoms with van der Waals surface area (Å²) in [6, 6.07) is 8.14. The second-order valence-corrected chi connectivity index (χ2v) is 6.31. The summed E-state index contributed by atoms with van der Waals surface area (Å²) in [5, 5.41) is 9.36. The van der Waals surface area contributed by atoms with E-state index in [4.69, 9.17) is 14.7 Å². The van der Waals surface area contributed by atoms with E-state index in [0.717, 1.165) is 47.9 Å². The highest BCUT2D eigenvalue weighted by molar-refractivity contribution is 5.80. The van der Waals surface area contributed by atoms with Crippen LogP contribution >= 0.6 is 0 Å². The summed E-state index contributed by atoms with van der Waals surface area (Å²) in [7, 11) is 0. The van der Waals surface area contributed by atoms with Crippen molar-refractivity contribution in [3.05, 3.63) is 47.9 Å². The highest BCUT2D eigenvalue weighted by Crippen LogP contribution is 2.22. The van der Waals surface area contributed by atoms with Gasteiger partial charge in [0.1, 0.15) is 18.3 Å². The maximum atomic E-state index is 5.92. The van der Waals surface area contributed by atoms with Gasteiger partial charge in [-0.1, -0.05) is 18.2 Å². The van der Waals surface area contributed by atoms with E-state index >= 15 is 0 Å². The van der Waals surface area contributed by atoms with Crippen LogP contribution in [0.15, 0.2) is 30.6 Å². The molecule has 3 aromatic rings. The van der Waals surface area contributed by atoms with Crippen molar-refractivity contribution >= 4 is 10.9 Å². The monoisotopic (exact) mass is 338 g/mol. The predicted molar refractivity (Wildman–Crippen MR) is 93.9 cm³/mol. The van der Waals surface area contributed by atoms with E-state index in [9.17, 15) is 0 Å². The van der Waals surface area contributed by atoms with Crippen LogP contribution in [0.2, 0.25) is 0 Å². The van der Waals surface area contributed by atoms with Crippen LogP contribution in [-0.4, -0.2) is 49.3 Å². The van der Waals surface area contributed by atoms with Gasteiger partial charge in [0.05, 0.1) is 18.7 Å². The topological polar surface area (TPSA) is 69.0 Å². The summed E-state index contributed by atoms with van der Waals surface area (Å²) in [4.78, 5) is 11.7. The fraction of sp³-hybridized carbons (Fsp3) is 0.444. The number of nitrogens with zero attached hydrogens (tertiary/aromatic N) is 6. The zero-order valence-corrected chi connectivity index (χ0v) is 14.6. The molecular formula is C18H22N6O. The first-order chi connectivity index (χ1) is 12.2. The van der Waals surface area contributed by atoms with Gasteiger partial charge in [0.2, 0.25) is 0 Å². The van der Waals surface area contributed by atoms with Gasteiger partial charge in [-0.25, -0.2) is 9.97 Å². The number of aryl methyl sites for hydroxylation is 2. The fourth-order valence-electron chi connectivity index (χ4n) is 3.32. The van der Waals surface area contributed by atoms with Gasteiger partial charge in [0.15, 0.2) is 5.82 Å². The minimum Gasteiger partial charge on any atom is -0.368 e. The SMILES string of the molecule is CCn1cnnc1[C@H]1CN(Cc2nc(C)c3ccccc3n2)CCO1. The summed E-state index contributed by atoms with van der Waals surface area (Å²) >= 11 is 0. The maximum Gasteiger partial charge on any atom is 0.163 e. The third-order valence-electron chi connectivity index (χ3n) is 4.63. The first-order valence-electron chi connectivity index (χ1n) is 8.68. The first-order valence-corrected chi connectivity index (χ1v) is 8.68. The second kappa shape index (κ2) is 6.85. The van der Waals surface area contributed by atoms with Crippen molar-refractivity contribution in [3.8, 4) is 0 Å². The molecule has 0 spiro atoms. The van der Waals surface area contributed by atoms with E-state index in [-0.39, 0.29) is 6.10 Å². The molecule has 1 aromatic carbocycles. The molecule has 130 valence electrons. The largest absolute Gasteiger partial charge is 0.368 e. The molecule has 3 heterocycles. The second-order valence-electron chi connectivity index (χ2n) is 6.31. The number of para-hydroxylation sites is 1. The van der Waals surface area contributed by atoms with Crippen molar-refractivity contribution in [1.82, 2.24) is 29.6 Å².